The van der Waals surface area contributed by atoms with Crippen molar-refractivity contribution in [2.75, 3.05) is 7.11 Å². The van der Waals surface area contributed by atoms with E-state index >= 15 is 0 Å². The van der Waals surface area contributed by atoms with Crippen LogP contribution in [-0.2, 0) is 10.8 Å². The molecule has 0 radical (unpaired) electrons. The highest BCUT2D eigenvalue weighted by Gasteiger charge is 2.27. The predicted molar refractivity (Wildman–Crippen MR) is 107 cm³/mol. The second kappa shape index (κ2) is 7.02. The van der Waals surface area contributed by atoms with Gasteiger partial charge in [0.2, 0.25) is 0 Å². The summed E-state index contributed by atoms with van der Waals surface area (Å²) >= 11 is 0. The Kier molecular flexibility index (Phi) is 5.36. The minimum atomic E-state index is -0.211. The summed E-state index contributed by atoms with van der Waals surface area (Å²) in [6.45, 7) is 12.5. The van der Waals surface area contributed by atoms with Crippen molar-refractivity contribution in [3.05, 3.63) is 47.0 Å². The van der Waals surface area contributed by atoms with Crippen LogP contribution in [0.25, 0.3) is 11.1 Å². The molecule has 0 aliphatic heterocycles. The van der Waals surface area contributed by atoms with E-state index in [2.05, 4.69) is 46.7 Å². The van der Waals surface area contributed by atoms with Gasteiger partial charge in [-0.3, -0.25) is 0 Å². The molecule has 26 heavy (non-hydrogen) atoms. The van der Waals surface area contributed by atoms with E-state index in [0.717, 1.165) is 33.6 Å². The monoisotopic (exact) mass is 355 g/mol. The van der Waals surface area contributed by atoms with Gasteiger partial charge in [-0.25, -0.2) is 0 Å². The number of oxime groups is 1. The number of nitrogens with zero attached hydrogens (tertiary/aromatic N) is 1. The maximum absolute atomic E-state index is 10.9. The van der Waals surface area contributed by atoms with Gasteiger partial charge in [-0.2, -0.15) is 0 Å². The number of ether oxygens (including phenoxy) is 1. The average molecular weight is 355 g/mol. The fourth-order valence-electron chi connectivity index (χ4n) is 3.03. The molecule has 0 unspecified atom stereocenters. The molecule has 0 saturated heterocycles. The third kappa shape index (κ3) is 4.01. The summed E-state index contributed by atoms with van der Waals surface area (Å²) in [5, 5.41) is 22.9. The van der Waals surface area contributed by atoms with Crippen LogP contribution < -0.4 is 4.74 Å². The molecule has 2 aromatic rings. The molecule has 0 amide bonds. The van der Waals surface area contributed by atoms with Crippen LogP contribution in [0.4, 0.5) is 0 Å². The van der Waals surface area contributed by atoms with E-state index in [0.29, 0.717) is 5.75 Å². The summed E-state index contributed by atoms with van der Waals surface area (Å²) in [4.78, 5) is 0. The molecule has 0 aliphatic rings. The molecule has 0 aliphatic carbocycles. The minimum absolute atomic E-state index is 0.211. The lowest BCUT2D eigenvalue weighted by Crippen LogP contribution is -2.17. The molecule has 2 rings (SSSR count). The molecule has 0 spiro atoms. The zero-order valence-electron chi connectivity index (χ0n) is 16.7. The highest BCUT2D eigenvalue weighted by atomic mass is 16.5. The fraction of sp³-hybridized carbons (Fsp3) is 0.409. The summed E-state index contributed by atoms with van der Waals surface area (Å²) < 4.78 is 5.54. The maximum Gasteiger partial charge on any atom is 0.126 e. The van der Waals surface area contributed by atoms with Crippen molar-refractivity contribution in [1.29, 1.82) is 0 Å². The standard InChI is InChI=1S/C22H29NO3/c1-21(2,3)17-11-15(12-18(20(17)24)22(4,5)6)16-10-14(13-23-25)8-9-19(16)26-7/h8-13,24-25H,1-7H3/b23-13+. The topological polar surface area (TPSA) is 62.0 Å². The lowest BCUT2D eigenvalue weighted by molar-refractivity contribution is 0.322. The Bertz CT molecular complexity index is 789. The highest BCUT2D eigenvalue weighted by molar-refractivity contribution is 5.84. The van der Waals surface area contributed by atoms with Crippen LogP contribution in [0, 0.1) is 0 Å². The van der Waals surface area contributed by atoms with E-state index < -0.39 is 0 Å². The van der Waals surface area contributed by atoms with Crippen molar-refractivity contribution in [3.8, 4) is 22.6 Å². The van der Waals surface area contributed by atoms with Gasteiger partial charge in [-0.15, -0.1) is 0 Å². The number of hydrogen-bond acceptors (Lipinski definition) is 4. The van der Waals surface area contributed by atoms with E-state index in [9.17, 15) is 5.11 Å². The number of phenolic OH excluding ortho intramolecular Hbond substituents is 1. The summed E-state index contributed by atoms with van der Waals surface area (Å²) in [5.74, 6) is 1.08. The molecule has 0 fully saturated rings. The first-order chi connectivity index (χ1) is 12.0. The third-order valence-electron chi connectivity index (χ3n) is 4.47. The van der Waals surface area contributed by atoms with Crippen molar-refractivity contribution in [3.63, 3.8) is 0 Å². The van der Waals surface area contributed by atoms with Crippen molar-refractivity contribution in [2.24, 2.45) is 5.16 Å². The number of methoxy groups -OCH3 is 1. The van der Waals surface area contributed by atoms with E-state index in [-0.39, 0.29) is 10.8 Å². The van der Waals surface area contributed by atoms with Gasteiger partial charge in [0.05, 0.1) is 13.3 Å². The van der Waals surface area contributed by atoms with E-state index in [1.807, 2.05) is 30.3 Å². The minimum Gasteiger partial charge on any atom is -0.507 e. The Morgan fingerprint density at radius 1 is 0.923 bits per heavy atom. The molecule has 0 bridgehead atoms. The normalized spacial score (nSPS) is 12.6. The van der Waals surface area contributed by atoms with Crippen LogP contribution in [0.3, 0.4) is 0 Å². The fourth-order valence-corrected chi connectivity index (χ4v) is 3.03. The van der Waals surface area contributed by atoms with Crippen molar-refractivity contribution >= 4 is 6.21 Å². The summed E-state index contributed by atoms with van der Waals surface area (Å²) in [5.41, 5.74) is 3.98. The second-order valence-electron chi connectivity index (χ2n) is 8.62. The largest absolute Gasteiger partial charge is 0.507 e. The summed E-state index contributed by atoms with van der Waals surface area (Å²) in [6.07, 6.45) is 1.39. The van der Waals surface area contributed by atoms with Gasteiger partial charge in [0.15, 0.2) is 0 Å². The van der Waals surface area contributed by atoms with Gasteiger partial charge in [0.1, 0.15) is 11.5 Å². The molecule has 140 valence electrons. The zero-order chi connectivity index (χ0) is 19.7. The van der Waals surface area contributed by atoms with Crippen molar-refractivity contribution in [1.82, 2.24) is 0 Å². The molecule has 2 N–H and O–H groups in total. The Morgan fingerprint density at radius 2 is 1.46 bits per heavy atom. The quantitative estimate of drug-likeness (QED) is 0.436. The van der Waals surface area contributed by atoms with Crippen LogP contribution >= 0.6 is 0 Å². The first-order valence-corrected chi connectivity index (χ1v) is 8.73. The molecule has 0 aromatic heterocycles. The number of aromatic hydroxyl groups is 1. The average Bonchev–Trinajstić information content (AvgIpc) is 2.53. The van der Waals surface area contributed by atoms with Crippen LogP contribution in [0.15, 0.2) is 35.5 Å². The molecule has 4 nitrogen and oxygen atoms in total. The first kappa shape index (κ1) is 19.8. The Balaban J connectivity index is 2.84. The molecular formula is C22H29NO3. The summed E-state index contributed by atoms with van der Waals surface area (Å²) in [6, 6.07) is 9.64. The van der Waals surface area contributed by atoms with Crippen LogP contribution in [-0.4, -0.2) is 23.6 Å². The van der Waals surface area contributed by atoms with E-state index in [1.54, 1.807) is 7.11 Å². The van der Waals surface area contributed by atoms with Gasteiger partial charge in [0, 0.05) is 16.7 Å². The number of hydrogen-bond donors (Lipinski definition) is 2. The second-order valence-corrected chi connectivity index (χ2v) is 8.62. The third-order valence-corrected chi connectivity index (χ3v) is 4.47. The SMILES string of the molecule is COc1ccc(/C=N/O)cc1-c1cc(C(C)(C)C)c(O)c(C(C)(C)C)c1. The lowest BCUT2D eigenvalue weighted by Gasteiger charge is -2.28. The Hall–Kier alpha value is -2.49. The van der Waals surface area contributed by atoms with Gasteiger partial charge in [-0.05, 0) is 52.3 Å². The van der Waals surface area contributed by atoms with Crippen molar-refractivity contribution in [2.45, 2.75) is 52.4 Å². The number of rotatable bonds is 3. The van der Waals surface area contributed by atoms with Crippen LogP contribution in [0.1, 0.15) is 58.2 Å². The first-order valence-electron chi connectivity index (χ1n) is 8.73. The van der Waals surface area contributed by atoms with E-state index in [1.165, 1.54) is 6.21 Å². The molecule has 0 saturated carbocycles. The molecular weight excluding hydrogens is 326 g/mol. The molecule has 2 aromatic carbocycles. The van der Waals surface area contributed by atoms with Gasteiger partial charge in [-0.1, -0.05) is 46.7 Å². The molecule has 0 heterocycles. The highest BCUT2D eigenvalue weighted by Crippen LogP contribution is 2.43. The number of benzene rings is 2. The smallest absolute Gasteiger partial charge is 0.126 e. The van der Waals surface area contributed by atoms with E-state index in [4.69, 9.17) is 9.94 Å². The van der Waals surface area contributed by atoms with Crippen LogP contribution in [0.5, 0.6) is 11.5 Å². The van der Waals surface area contributed by atoms with Gasteiger partial charge < -0.3 is 15.1 Å². The molecule has 4 heteroatoms. The summed E-state index contributed by atoms with van der Waals surface area (Å²) in [7, 11) is 1.63. The maximum atomic E-state index is 10.9. The lowest BCUT2D eigenvalue weighted by atomic mass is 9.77. The van der Waals surface area contributed by atoms with Gasteiger partial charge >= 0.3 is 0 Å². The zero-order valence-corrected chi connectivity index (χ0v) is 16.7. The molecule has 0 atom stereocenters. The van der Waals surface area contributed by atoms with Crippen LogP contribution in [0.2, 0.25) is 0 Å². The Labute approximate surface area is 156 Å². The predicted octanol–water partition coefficient (Wildman–Crippen LogP) is 5.47. The Morgan fingerprint density at radius 3 is 1.88 bits per heavy atom. The van der Waals surface area contributed by atoms with Gasteiger partial charge in [0.25, 0.3) is 0 Å². The van der Waals surface area contributed by atoms with Crippen molar-refractivity contribution < 1.29 is 15.1 Å². The number of phenols is 1.